The first-order valence-electron chi connectivity index (χ1n) is 12.8. The lowest BCUT2D eigenvalue weighted by atomic mass is 10.1. The van der Waals surface area contributed by atoms with Gasteiger partial charge in [-0.15, -0.1) is 0 Å². The molecule has 0 saturated carbocycles. The summed E-state index contributed by atoms with van der Waals surface area (Å²) in [6, 6.07) is 9.33. The molecule has 0 unspecified atom stereocenters. The molecule has 0 spiro atoms. The number of hydrogen-bond acceptors (Lipinski definition) is 9. The van der Waals surface area contributed by atoms with Crippen molar-refractivity contribution in [1.82, 2.24) is 9.88 Å². The quantitative estimate of drug-likeness (QED) is 0.509. The maximum Gasteiger partial charge on any atom is 0.200 e. The molecule has 0 radical (unpaired) electrons. The molecule has 5 rings (SSSR count). The Balaban J connectivity index is 1.19. The lowest BCUT2D eigenvalue weighted by Crippen LogP contribution is -2.48. The van der Waals surface area contributed by atoms with Crippen LogP contribution in [0.1, 0.15) is 12.5 Å². The van der Waals surface area contributed by atoms with Gasteiger partial charge in [-0.2, -0.15) is 0 Å². The minimum absolute atomic E-state index is 0.0320. The molecule has 9 nitrogen and oxygen atoms in total. The van der Waals surface area contributed by atoms with E-state index >= 15 is 0 Å². The molecule has 2 saturated heterocycles. The first-order chi connectivity index (χ1) is 17.6. The molecule has 3 aromatic rings. The van der Waals surface area contributed by atoms with Gasteiger partial charge in [0.05, 0.1) is 24.3 Å². The third-order valence-electron chi connectivity index (χ3n) is 6.90. The van der Waals surface area contributed by atoms with Crippen molar-refractivity contribution in [3.63, 3.8) is 0 Å². The number of pyridine rings is 1. The zero-order valence-electron chi connectivity index (χ0n) is 21.2. The molecular formula is C27H35N5O4. The second-order valence-corrected chi connectivity index (χ2v) is 9.20. The van der Waals surface area contributed by atoms with Gasteiger partial charge in [0.1, 0.15) is 17.9 Å². The van der Waals surface area contributed by atoms with E-state index in [1.165, 1.54) is 0 Å². The fraction of sp³-hybridized carbons (Fsp3) is 0.481. The molecule has 0 bridgehead atoms. The third kappa shape index (κ3) is 5.27. The third-order valence-corrected chi connectivity index (χ3v) is 6.90. The smallest absolute Gasteiger partial charge is 0.200 e. The van der Waals surface area contributed by atoms with Crippen LogP contribution in [0.2, 0.25) is 0 Å². The minimum Gasteiger partial charge on any atom is -0.492 e. The standard InChI is InChI=1S/C27H35N5O4/c1-3-28-22-5-4-8-29-27(22)32-11-9-30(10-12-32)13-18-35-24-7-6-21-23(33)19-25(36-26(21)20(24)2)31-14-16-34-17-15-31/h4-8,19,28H,3,9-18H2,1-2H3. The monoisotopic (exact) mass is 493 g/mol. The van der Waals surface area contributed by atoms with E-state index in [1.54, 1.807) is 12.1 Å². The average molecular weight is 494 g/mol. The van der Waals surface area contributed by atoms with Crippen LogP contribution in [0.25, 0.3) is 11.0 Å². The number of benzene rings is 1. The maximum absolute atomic E-state index is 12.7. The van der Waals surface area contributed by atoms with Gasteiger partial charge in [-0.3, -0.25) is 9.69 Å². The fourth-order valence-electron chi connectivity index (χ4n) is 4.86. The van der Waals surface area contributed by atoms with Crippen molar-refractivity contribution in [2.75, 3.05) is 87.3 Å². The Hall–Kier alpha value is -3.30. The Kier molecular flexibility index (Phi) is 7.58. The van der Waals surface area contributed by atoms with Gasteiger partial charge in [-0.05, 0) is 38.1 Å². The molecule has 1 N–H and O–H groups in total. The zero-order chi connectivity index (χ0) is 24.9. The SMILES string of the molecule is CCNc1cccnc1N1CCN(CCOc2ccc3c(=O)cc(N4CCOCC4)oc3c2C)CC1. The summed E-state index contributed by atoms with van der Waals surface area (Å²) in [6.07, 6.45) is 1.86. The van der Waals surface area contributed by atoms with Crippen LogP contribution in [0.3, 0.4) is 0 Å². The Morgan fingerprint density at radius 3 is 2.64 bits per heavy atom. The van der Waals surface area contributed by atoms with Gasteiger partial charge in [-0.25, -0.2) is 4.98 Å². The maximum atomic E-state index is 12.7. The van der Waals surface area contributed by atoms with E-state index in [9.17, 15) is 4.79 Å². The molecule has 0 amide bonds. The number of hydrogen-bond donors (Lipinski definition) is 1. The Bertz CT molecular complexity index is 1230. The van der Waals surface area contributed by atoms with E-state index in [1.807, 2.05) is 25.3 Å². The first-order valence-corrected chi connectivity index (χ1v) is 12.8. The highest BCUT2D eigenvalue weighted by atomic mass is 16.5. The largest absolute Gasteiger partial charge is 0.492 e. The predicted octanol–water partition coefficient (Wildman–Crippen LogP) is 2.97. The fourth-order valence-corrected chi connectivity index (χ4v) is 4.86. The van der Waals surface area contributed by atoms with Crippen molar-refractivity contribution in [2.24, 2.45) is 0 Å². The van der Waals surface area contributed by atoms with Crippen LogP contribution in [0.15, 0.2) is 45.7 Å². The number of aromatic nitrogens is 1. The number of rotatable bonds is 8. The summed E-state index contributed by atoms with van der Waals surface area (Å²) in [4.78, 5) is 24.2. The molecule has 2 fully saturated rings. The van der Waals surface area contributed by atoms with E-state index in [0.29, 0.717) is 49.8 Å². The molecule has 2 aliphatic rings. The van der Waals surface area contributed by atoms with Crippen molar-refractivity contribution in [1.29, 1.82) is 0 Å². The van der Waals surface area contributed by atoms with E-state index < -0.39 is 0 Å². The highest BCUT2D eigenvalue weighted by molar-refractivity contribution is 5.83. The van der Waals surface area contributed by atoms with Gasteiger partial charge < -0.3 is 29.0 Å². The topological polar surface area (TPSA) is 83.3 Å². The number of ether oxygens (including phenoxy) is 2. The Morgan fingerprint density at radius 1 is 1.06 bits per heavy atom. The van der Waals surface area contributed by atoms with E-state index in [0.717, 1.165) is 62.1 Å². The van der Waals surface area contributed by atoms with Crippen molar-refractivity contribution >= 4 is 28.4 Å². The molecule has 2 aromatic heterocycles. The molecule has 192 valence electrons. The summed E-state index contributed by atoms with van der Waals surface area (Å²) in [7, 11) is 0. The highest BCUT2D eigenvalue weighted by Gasteiger charge is 2.21. The number of anilines is 3. The van der Waals surface area contributed by atoms with Gasteiger partial charge >= 0.3 is 0 Å². The van der Waals surface area contributed by atoms with Crippen LogP contribution in [-0.4, -0.2) is 82.1 Å². The van der Waals surface area contributed by atoms with Crippen LogP contribution in [-0.2, 0) is 4.74 Å². The Morgan fingerprint density at radius 2 is 1.86 bits per heavy atom. The van der Waals surface area contributed by atoms with Gasteiger partial charge in [0.25, 0.3) is 0 Å². The van der Waals surface area contributed by atoms with Crippen molar-refractivity contribution in [2.45, 2.75) is 13.8 Å². The number of piperazine rings is 1. The summed E-state index contributed by atoms with van der Waals surface area (Å²) in [5.74, 6) is 2.38. The van der Waals surface area contributed by atoms with E-state index in [2.05, 4.69) is 38.0 Å². The van der Waals surface area contributed by atoms with Crippen LogP contribution in [0.5, 0.6) is 5.75 Å². The van der Waals surface area contributed by atoms with Crippen molar-refractivity contribution < 1.29 is 13.9 Å². The number of nitrogens with zero attached hydrogens (tertiary/aromatic N) is 4. The normalized spacial score (nSPS) is 16.9. The number of aryl methyl sites for hydroxylation is 1. The van der Waals surface area contributed by atoms with Crippen LogP contribution >= 0.6 is 0 Å². The Labute approximate surface area is 211 Å². The molecular weight excluding hydrogens is 458 g/mol. The molecule has 9 heteroatoms. The number of fused-ring (bicyclic) bond motifs is 1. The molecule has 2 aliphatic heterocycles. The van der Waals surface area contributed by atoms with E-state index in [-0.39, 0.29) is 5.43 Å². The molecule has 1 aromatic carbocycles. The highest BCUT2D eigenvalue weighted by Crippen LogP contribution is 2.29. The molecule has 4 heterocycles. The van der Waals surface area contributed by atoms with Crippen molar-refractivity contribution in [3.8, 4) is 5.75 Å². The average Bonchev–Trinajstić information content (AvgIpc) is 2.92. The van der Waals surface area contributed by atoms with Crippen LogP contribution in [0, 0.1) is 6.92 Å². The molecule has 36 heavy (non-hydrogen) atoms. The van der Waals surface area contributed by atoms with E-state index in [4.69, 9.17) is 13.9 Å². The molecule has 0 aliphatic carbocycles. The zero-order valence-corrected chi connectivity index (χ0v) is 21.2. The second kappa shape index (κ2) is 11.2. The predicted molar refractivity (Wildman–Crippen MR) is 143 cm³/mol. The summed E-state index contributed by atoms with van der Waals surface area (Å²) in [5.41, 5.74) is 2.51. The molecule has 0 atom stereocenters. The summed E-state index contributed by atoms with van der Waals surface area (Å²) in [5, 5.41) is 3.99. The van der Waals surface area contributed by atoms with Gasteiger partial charge in [0, 0.05) is 70.2 Å². The van der Waals surface area contributed by atoms with Crippen LogP contribution < -0.4 is 25.3 Å². The number of nitrogens with one attached hydrogen (secondary N) is 1. The summed E-state index contributed by atoms with van der Waals surface area (Å²) >= 11 is 0. The summed E-state index contributed by atoms with van der Waals surface area (Å²) in [6.45, 7) is 12.8. The van der Waals surface area contributed by atoms with Gasteiger partial charge in [0.2, 0.25) is 0 Å². The first kappa shape index (κ1) is 24.4. The van der Waals surface area contributed by atoms with Gasteiger partial charge in [0.15, 0.2) is 17.1 Å². The number of morpholine rings is 1. The second-order valence-electron chi connectivity index (χ2n) is 9.20. The van der Waals surface area contributed by atoms with Crippen LogP contribution in [0.4, 0.5) is 17.4 Å². The summed E-state index contributed by atoms with van der Waals surface area (Å²) < 4.78 is 17.8. The lowest BCUT2D eigenvalue weighted by molar-refractivity contribution is 0.121. The lowest BCUT2D eigenvalue weighted by Gasteiger charge is -2.36. The van der Waals surface area contributed by atoms with Crippen molar-refractivity contribution in [3.05, 3.63) is 52.3 Å². The minimum atomic E-state index is -0.0320. The van der Waals surface area contributed by atoms with Gasteiger partial charge in [-0.1, -0.05) is 0 Å².